The lowest BCUT2D eigenvalue weighted by atomic mass is 10.0. The summed E-state index contributed by atoms with van der Waals surface area (Å²) in [5.41, 5.74) is 3.89. The molecular weight excluding hydrogens is 708 g/mol. The molecule has 2 aliphatic heterocycles. The Kier molecular flexibility index (Phi) is 13.5. The number of aromatic amines is 1. The van der Waals surface area contributed by atoms with Crippen molar-refractivity contribution in [3.63, 3.8) is 0 Å². The van der Waals surface area contributed by atoms with Crippen LogP contribution in [0.2, 0.25) is 0 Å². The molecule has 3 heterocycles. The molecular formula is C39H50N8O8. The molecule has 2 aromatic carbocycles. The third kappa shape index (κ3) is 10.2. The number of benzene rings is 2. The number of hydrogen-bond donors (Lipinski definition) is 5. The molecule has 294 valence electrons. The lowest BCUT2D eigenvalue weighted by molar-refractivity contribution is -0.138. The molecule has 2 aliphatic rings. The molecule has 1 aromatic heterocycles. The molecule has 0 aliphatic carbocycles. The highest BCUT2D eigenvalue weighted by atomic mass is 16.5. The Labute approximate surface area is 320 Å². The minimum absolute atomic E-state index is 0.131. The van der Waals surface area contributed by atoms with Crippen LogP contribution in [0.1, 0.15) is 64.7 Å². The van der Waals surface area contributed by atoms with E-state index in [0.29, 0.717) is 37.4 Å². The fourth-order valence-electron chi connectivity index (χ4n) is 6.98. The molecule has 5 rings (SSSR count). The smallest absolute Gasteiger partial charge is 0.407 e. The van der Waals surface area contributed by atoms with E-state index in [4.69, 9.17) is 4.74 Å². The highest BCUT2D eigenvalue weighted by Crippen LogP contribution is 2.33. The van der Waals surface area contributed by atoms with Crippen LogP contribution in [0.5, 0.6) is 0 Å². The predicted octanol–water partition coefficient (Wildman–Crippen LogP) is 4.81. The highest BCUT2D eigenvalue weighted by molar-refractivity contribution is 6.04. The fraction of sp³-hybridized carbons (Fsp3) is 0.462. The Morgan fingerprint density at radius 3 is 2.27 bits per heavy atom. The van der Waals surface area contributed by atoms with Gasteiger partial charge in [0.25, 0.3) is 5.91 Å². The van der Waals surface area contributed by atoms with E-state index in [1.54, 1.807) is 29.3 Å². The maximum Gasteiger partial charge on any atom is 0.407 e. The van der Waals surface area contributed by atoms with Gasteiger partial charge in [0, 0.05) is 31.7 Å². The Morgan fingerprint density at radius 1 is 0.873 bits per heavy atom. The number of carbonyl (C=O) groups is 6. The number of rotatable bonds is 12. The molecule has 55 heavy (non-hydrogen) atoms. The number of amides is 7. The predicted molar refractivity (Wildman–Crippen MR) is 203 cm³/mol. The first-order valence-corrected chi connectivity index (χ1v) is 18.5. The van der Waals surface area contributed by atoms with Gasteiger partial charge in [0.2, 0.25) is 11.8 Å². The van der Waals surface area contributed by atoms with Crippen molar-refractivity contribution in [2.45, 2.75) is 71.0 Å². The molecule has 3 aromatic rings. The largest absolute Gasteiger partial charge is 0.453 e. The number of imide groups is 1. The van der Waals surface area contributed by atoms with Crippen molar-refractivity contribution < 1.29 is 38.2 Å². The number of hydrogen-bond acceptors (Lipinski definition) is 9. The summed E-state index contributed by atoms with van der Waals surface area (Å²) in [5.74, 6) is -0.577. The van der Waals surface area contributed by atoms with Gasteiger partial charge >= 0.3 is 18.2 Å². The Hall–Kier alpha value is -5.93. The van der Waals surface area contributed by atoms with Gasteiger partial charge in [0.1, 0.15) is 17.9 Å². The molecule has 0 saturated carbocycles. The van der Waals surface area contributed by atoms with Crippen molar-refractivity contribution >= 4 is 41.6 Å². The first-order valence-electron chi connectivity index (χ1n) is 18.5. The molecule has 4 atom stereocenters. The van der Waals surface area contributed by atoms with Crippen molar-refractivity contribution in [3.8, 4) is 22.4 Å². The SMILES string of the molecule is COC(=O)NC[C@@H](C)CC(=O)N1CCC[C@H]1C(=O)NC(=O)Nc1cccc(-c2ccc(-c3cnc(C4CCCN4C(=O)[C@@H](NC(=O)OC)C(C)C)[nH]3)cc2)c1. The second-order valence-corrected chi connectivity index (χ2v) is 14.3. The van der Waals surface area contributed by atoms with Crippen LogP contribution in [0, 0.1) is 11.8 Å². The zero-order chi connectivity index (χ0) is 39.6. The molecule has 0 bridgehead atoms. The number of urea groups is 1. The molecule has 5 N–H and O–H groups in total. The number of nitrogens with zero attached hydrogens (tertiary/aromatic N) is 3. The van der Waals surface area contributed by atoms with E-state index in [0.717, 1.165) is 35.2 Å². The van der Waals surface area contributed by atoms with Crippen LogP contribution < -0.4 is 21.3 Å². The van der Waals surface area contributed by atoms with E-state index in [9.17, 15) is 28.8 Å². The summed E-state index contributed by atoms with van der Waals surface area (Å²) >= 11 is 0. The molecule has 7 amide bonds. The van der Waals surface area contributed by atoms with Crippen molar-refractivity contribution in [1.82, 2.24) is 35.7 Å². The number of imidazole rings is 1. The van der Waals surface area contributed by atoms with Crippen molar-refractivity contribution in [2.75, 3.05) is 39.2 Å². The van der Waals surface area contributed by atoms with Gasteiger partial charge in [-0.3, -0.25) is 19.7 Å². The first-order chi connectivity index (χ1) is 26.4. The molecule has 16 nitrogen and oxygen atoms in total. The Balaban J connectivity index is 1.17. The molecule has 0 radical (unpaired) electrons. The van der Waals surface area contributed by atoms with Gasteiger partial charge in [-0.25, -0.2) is 19.4 Å². The highest BCUT2D eigenvalue weighted by Gasteiger charge is 2.38. The van der Waals surface area contributed by atoms with Gasteiger partial charge in [0.05, 0.1) is 32.2 Å². The second kappa shape index (κ2) is 18.4. The number of anilines is 1. The zero-order valence-electron chi connectivity index (χ0n) is 31.8. The van der Waals surface area contributed by atoms with Gasteiger partial charge in [-0.15, -0.1) is 0 Å². The van der Waals surface area contributed by atoms with E-state index >= 15 is 0 Å². The number of ether oxygens (including phenoxy) is 2. The minimum atomic E-state index is -0.762. The topological polar surface area (TPSA) is 204 Å². The monoisotopic (exact) mass is 758 g/mol. The summed E-state index contributed by atoms with van der Waals surface area (Å²) < 4.78 is 9.30. The number of H-pyrrole nitrogens is 1. The second-order valence-electron chi connectivity index (χ2n) is 14.3. The third-order valence-electron chi connectivity index (χ3n) is 9.90. The quantitative estimate of drug-likeness (QED) is 0.172. The van der Waals surface area contributed by atoms with Gasteiger partial charge < -0.3 is 40.2 Å². The van der Waals surface area contributed by atoms with Crippen molar-refractivity contribution in [1.29, 1.82) is 0 Å². The number of likely N-dealkylation sites (tertiary alicyclic amines) is 2. The number of carbonyl (C=O) groups excluding carboxylic acids is 6. The maximum atomic E-state index is 13.5. The summed E-state index contributed by atoms with van der Waals surface area (Å²) in [6, 6.07) is 12.6. The lowest BCUT2D eigenvalue weighted by Gasteiger charge is -2.30. The molecule has 16 heteroatoms. The van der Waals surface area contributed by atoms with E-state index in [1.807, 2.05) is 51.1 Å². The van der Waals surface area contributed by atoms with Crippen LogP contribution in [0.3, 0.4) is 0 Å². The van der Waals surface area contributed by atoms with E-state index < -0.39 is 36.2 Å². The summed E-state index contributed by atoms with van der Waals surface area (Å²) in [6.45, 7) is 6.80. The van der Waals surface area contributed by atoms with Gasteiger partial charge in [-0.2, -0.15) is 0 Å². The number of alkyl carbamates (subject to hydrolysis) is 2. The Bertz CT molecular complexity index is 1860. The average Bonchev–Trinajstić information content (AvgIpc) is 3.97. The van der Waals surface area contributed by atoms with Crippen molar-refractivity contribution in [3.05, 3.63) is 60.6 Å². The fourth-order valence-corrected chi connectivity index (χ4v) is 6.98. The molecule has 1 unspecified atom stereocenters. The van der Waals surface area contributed by atoms with E-state index in [-0.39, 0.29) is 42.7 Å². The van der Waals surface area contributed by atoms with Crippen LogP contribution in [-0.4, -0.2) is 102 Å². The molecule has 0 spiro atoms. The summed E-state index contributed by atoms with van der Waals surface area (Å²) in [6.07, 6.45) is 3.29. The van der Waals surface area contributed by atoms with Crippen molar-refractivity contribution in [2.24, 2.45) is 11.8 Å². The van der Waals surface area contributed by atoms with Gasteiger partial charge in [-0.1, -0.05) is 57.2 Å². The number of nitrogens with one attached hydrogen (secondary N) is 5. The summed E-state index contributed by atoms with van der Waals surface area (Å²) in [4.78, 5) is 87.0. The van der Waals surface area contributed by atoms with Gasteiger partial charge in [-0.05, 0) is 66.3 Å². The normalized spacial score (nSPS) is 17.6. The summed E-state index contributed by atoms with van der Waals surface area (Å²) in [5, 5.41) is 10.3. The molecule has 2 saturated heterocycles. The first kappa shape index (κ1) is 40.3. The molecule has 2 fully saturated rings. The van der Waals surface area contributed by atoms with E-state index in [1.165, 1.54) is 19.1 Å². The van der Waals surface area contributed by atoms with Crippen LogP contribution in [-0.2, 0) is 23.9 Å². The summed E-state index contributed by atoms with van der Waals surface area (Å²) in [7, 11) is 2.53. The standard InChI is InChI=1S/C39H50N8O8/c1-23(2)33(44-39(53)55-5)36(50)47-18-7-11-30(47)34-40-22-29(43-34)26-15-13-25(14-16-26)27-9-6-10-28(20-27)42-37(51)45-35(49)31-12-8-17-46(31)32(48)19-24(3)21-41-38(52)54-4/h6,9-10,13-16,20,22-24,30-31,33H,7-8,11-12,17-19,21H2,1-5H3,(H,40,43)(H,41,52)(H,44,53)(H2,42,45,49,51)/t24-,30?,31-,33-/m0/s1. The van der Waals surface area contributed by atoms with E-state index in [2.05, 4.69) is 36.0 Å². The minimum Gasteiger partial charge on any atom is -0.453 e. The van der Waals surface area contributed by atoms with Crippen LogP contribution in [0.25, 0.3) is 22.4 Å². The van der Waals surface area contributed by atoms with Crippen LogP contribution >= 0.6 is 0 Å². The van der Waals surface area contributed by atoms with Crippen LogP contribution in [0.15, 0.2) is 54.7 Å². The third-order valence-corrected chi connectivity index (χ3v) is 9.90. The average molecular weight is 759 g/mol. The van der Waals surface area contributed by atoms with Gasteiger partial charge in [0.15, 0.2) is 0 Å². The zero-order valence-corrected chi connectivity index (χ0v) is 31.8. The van der Waals surface area contributed by atoms with Crippen LogP contribution in [0.4, 0.5) is 20.1 Å². The number of methoxy groups -OCH3 is 2. The number of aromatic nitrogens is 2. The lowest BCUT2D eigenvalue weighted by Crippen LogP contribution is -2.51. The maximum absolute atomic E-state index is 13.5. The Morgan fingerprint density at radius 2 is 1.56 bits per heavy atom.